The number of anilines is 1. The standard InChI is InChI=1S/C17H21ClN2OS2/c18-9-1-3-14-5-7-15(8-6-14)20-17(22)19-10-12-23-13-16-4-2-11-21-16/h2,4-8,11H,1,3,9-10,12-13H2,(H2,19,20,22). The largest absolute Gasteiger partial charge is 0.468 e. The Morgan fingerprint density at radius 3 is 2.74 bits per heavy atom. The molecule has 0 saturated carbocycles. The van der Waals surface area contributed by atoms with Crippen LogP contribution in [-0.4, -0.2) is 23.3 Å². The highest BCUT2D eigenvalue weighted by Crippen LogP contribution is 2.12. The summed E-state index contributed by atoms with van der Waals surface area (Å²) in [6, 6.07) is 12.2. The van der Waals surface area contributed by atoms with Crippen molar-refractivity contribution in [2.75, 3.05) is 23.5 Å². The van der Waals surface area contributed by atoms with Crippen molar-refractivity contribution in [2.45, 2.75) is 18.6 Å². The number of thiocarbonyl (C=S) groups is 1. The van der Waals surface area contributed by atoms with Gasteiger partial charge in [0.2, 0.25) is 0 Å². The summed E-state index contributed by atoms with van der Waals surface area (Å²) in [5.41, 5.74) is 2.30. The first-order valence-corrected chi connectivity index (χ1v) is 9.67. The molecule has 0 aliphatic carbocycles. The van der Waals surface area contributed by atoms with E-state index in [1.54, 1.807) is 6.26 Å². The Morgan fingerprint density at radius 1 is 1.22 bits per heavy atom. The number of hydrogen-bond acceptors (Lipinski definition) is 3. The van der Waals surface area contributed by atoms with Crippen LogP contribution >= 0.6 is 35.6 Å². The van der Waals surface area contributed by atoms with Crippen LogP contribution in [0.25, 0.3) is 0 Å². The van der Waals surface area contributed by atoms with E-state index < -0.39 is 0 Å². The number of thioether (sulfide) groups is 1. The number of rotatable bonds is 9. The summed E-state index contributed by atoms with van der Waals surface area (Å²) < 4.78 is 5.29. The third-order valence-electron chi connectivity index (χ3n) is 3.17. The average molecular weight is 369 g/mol. The first kappa shape index (κ1) is 18.2. The van der Waals surface area contributed by atoms with Crippen LogP contribution in [-0.2, 0) is 12.2 Å². The summed E-state index contributed by atoms with van der Waals surface area (Å²) in [4.78, 5) is 0. The molecule has 3 nitrogen and oxygen atoms in total. The number of nitrogens with one attached hydrogen (secondary N) is 2. The van der Waals surface area contributed by atoms with Gasteiger partial charge in [-0.15, -0.1) is 11.6 Å². The minimum Gasteiger partial charge on any atom is -0.468 e. The molecule has 0 atom stereocenters. The van der Waals surface area contributed by atoms with E-state index in [1.807, 2.05) is 36.0 Å². The van der Waals surface area contributed by atoms with Crippen molar-refractivity contribution in [3.05, 3.63) is 54.0 Å². The Bertz CT molecular complexity index is 573. The molecule has 0 aliphatic heterocycles. The Hall–Kier alpha value is -1.17. The van der Waals surface area contributed by atoms with Crippen LogP contribution in [0.1, 0.15) is 17.7 Å². The SMILES string of the molecule is S=C(NCCSCc1ccco1)Nc1ccc(CCCCl)cc1. The predicted molar refractivity (Wildman–Crippen MR) is 105 cm³/mol. The third kappa shape index (κ3) is 7.29. The smallest absolute Gasteiger partial charge is 0.170 e. The van der Waals surface area contributed by atoms with E-state index in [0.717, 1.165) is 42.3 Å². The summed E-state index contributed by atoms with van der Waals surface area (Å²) in [6.45, 7) is 0.824. The molecule has 2 N–H and O–H groups in total. The number of benzene rings is 1. The van der Waals surface area contributed by atoms with Crippen LogP contribution in [0.5, 0.6) is 0 Å². The second kappa shape index (κ2) is 10.6. The van der Waals surface area contributed by atoms with Crippen molar-refractivity contribution in [1.29, 1.82) is 0 Å². The van der Waals surface area contributed by atoms with Gasteiger partial charge in [0, 0.05) is 23.9 Å². The lowest BCUT2D eigenvalue weighted by Crippen LogP contribution is -2.30. The van der Waals surface area contributed by atoms with Crippen LogP contribution in [0, 0.1) is 0 Å². The van der Waals surface area contributed by atoms with Gasteiger partial charge in [-0.2, -0.15) is 11.8 Å². The summed E-state index contributed by atoms with van der Waals surface area (Å²) in [6.07, 6.45) is 3.72. The molecule has 0 saturated heterocycles. The first-order valence-electron chi connectivity index (χ1n) is 7.58. The molecule has 0 bridgehead atoms. The monoisotopic (exact) mass is 368 g/mol. The van der Waals surface area contributed by atoms with E-state index >= 15 is 0 Å². The van der Waals surface area contributed by atoms with Crippen molar-refractivity contribution >= 4 is 46.4 Å². The summed E-state index contributed by atoms with van der Waals surface area (Å²) in [5, 5.41) is 7.06. The molecular formula is C17H21ClN2OS2. The summed E-state index contributed by atoms with van der Waals surface area (Å²) in [7, 11) is 0. The zero-order valence-electron chi connectivity index (χ0n) is 12.9. The van der Waals surface area contributed by atoms with Gasteiger partial charge in [0.05, 0.1) is 12.0 Å². The molecule has 0 spiro atoms. The van der Waals surface area contributed by atoms with Crippen molar-refractivity contribution in [3.63, 3.8) is 0 Å². The topological polar surface area (TPSA) is 37.2 Å². The van der Waals surface area contributed by atoms with Gasteiger partial charge in [0.25, 0.3) is 0 Å². The molecule has 2 rings (SSSR count). The number of alkyl halides is 1. The maximum absolute atomic E-state index is 5.71. The highest BCUT2D eigenvalue weighted by molar-refractivity contribution is 7.98. The van der Waals surface area contributed by atoms with Crippen LogP contribution in [0.2, 0.25) is 0 Å². The van der Waals surface area contributed by atoms with Gasteiger partial charge in [0.1, 0.15) is 5.76 Å². The minimum atomic E-state index is 0.650. The lowest BCUT2D eigenvalue weighted by molar-refractivity contribution is 0.530. The third-order valence-corrected chi connectivity index (χ3v) is 4.66. The van der Waals surface area contributed by atoms with Crippen molar-refractivity contribution < 1.29 is 4.42 Å². The molecule has 0 aliphatic rings. The van der Waals surface area contributed by atoms with Crippen molar-refractivity contribution in [3.8, 4) is 0 Å². The van der Waals surface area contributed by atoms with E-state index in [-0.39, 0.29) is 0 Å². The highest BCUT2D eigenvalue weighted by atomic mass is 35.5. The Morgan fingerprint density at radius 2 is 2.04 bits per heavy atom. The lowest BCUT2D eigenvalue weighted by Gasteiger charge is -2.10. The van der Waals surface area contributed by atoms with Gasteiger partial charge in [-0.25, -0.2) is 0 Å². The van der Waals surface area contributed by atoms with Crippen LogP contribution in [0.15, 0.2) is 47.1 Å². The molecule has 23 heavy (non-hydrogen) atoms. The van der Waals surface area contributed by atoms with Gasteiger partial charge in [0.15, 0.2) is 5.11 Å². The molecule has 124 valence electrons. The van der Waals surface area contributed by atoms with Gasteiger partial charge in [-0.3, -0.25) is 0 Å². The number of hydrogen-bond donors (Lipinski definition) is 2. The zero-order valence-corrected chi connectivity index (χ0v) is 15.3. The maximum atomic E-state index is 5.71. The van der Waals surface area contributed by atoms with Gasteiger partial charge in [-0.05, 0) is 54.9 Å². The quantitative estimate of drug-likeness (QED) is 0.382. The van der Waals surface area contributed by atoms with Gasteiger partial charge in [-0.1, -0.05) is 12.1 Å². The van der Waals surface area contributed by atoms with E-state index in [2.05, 4.69) is 22.8 Å². The highest BCUT2D eigenvalue weighted by Gasteiger charge is 1.99. The molecule has 0 unspecified atom stereocenters. The predicted octanol–water partition coefficient (Wildman–Crippen LogP) is 4.67. The van der Waals surface area contributed by atoms with Crippen molar-refractivity contribution in [2.24, 2.45) is 0 Å². The molecule has 0 fully saturated rings. The Kier molecular flexibility index (Phi) is 8.36. The number of furan rings is 1. The molecule has 0 amide bonds. The van der Waals surface area contributed by atoms with Crippen LogP contribution in [0.4, 0.5) is 5.69 Å². The normalized spacial score (nSPS) is 10.5. The average Bonchev–Trinajstić information content (AvgIpc) is 3.07. The second-order valence-electron chi connectivity index (χ2n) is 5.00. The fourth-order valence-corrected chi connectivity index (χ4v) is 3.11. The van der Waals surface area contributed by atoms with E-state index in [1.165, 1.54) is 5.56 Å². The molecule has 6 heteroatoms. The van der Waals surface area contributed by atoms with Crippen molar-refractivity contribution in [1.82, 2.24) is 5.32 Å². The van der Waals surface area contributed by atoms with Gasteiger partial charge >= 0.3 is 0 Å². The number of halogens is 1. The summed E-state index contributed by atoms with van der Waals surface area (Å²) in [5.74, 6) is 3.56. The van der Waals surface area contributed by atoms with E-state index in [9.17, 15) is 0 Å². The molecule has 1 aromatic heterocycles. The minimum absolute atomic E-state index is 0.650. The molecule has 0 radical (unpaired) electrons. The molecule has 1 heterocycles. The summed E-state index contributed by atoms with van der Waals surface area (Å²) >= 11 is 12.8. The molecule has 1 aromatic carbocycles. The maximum Gasteiger partial charge on any atom is 0.170 e. The molecule has 2 aromatic rings. The Labute approximate surface area is 152 Å². The zero-order chi connectivity index (χ0) is 16.3. The number of aryl methyl sites for hydroxylation is 1. The molecular weight excluding hydrogens is 348 g/mol. The Balaban J connectivity index is 1.60. The van der Waals surface area contributed by atoms with E-state index in [0.29, 0.717) is 11.0 Å². The lowest BCUT2D eigenvalue weighted by atomic mass is 10.1. The van der Waals surface area contributed by atoms with Crippen LogP contribution < -0.4 is 10.6 Å². The second-order valence-corrected chi connectivity index (χ2v) is 6.89. The fraction of sp³-hybridized carbons (Fsp3) is 0.353. The van der Waals surface area contributed by atoms with E-state index in [4.69, 9.17) is 28.2 Å². The van der Waals surface area contributed by atoms with Gasteiger partial charge < -0.3 is 15.1 Å². The fourth-order valence-electron chi connectivity index (χ4n) is 2.01. The first-order chi connectivity index (χ1) is 11.3. The van der Waals surface area contributed by atoms with Crippen LogP contribution in [0.3, 0.4) is 0 Å².